The maximum absolute atomic E-state index is 13.5. The highest BCUT2D eigenvalue weighted by Gasteiger charge is 2.31. The van der Waals surface area contributed by atoms with Crippen molar-refractivity contribution in [1.82, 2.24) is 44.4 Å². The van der Waals surface area contributed by atoms with Gasteiger partial charge in [0.15, 0.2) is 11.5 Å². The third-order valence-electron chi connectivity index (χ3n) is 9.15. The van der Waals surface area contributed by atoms with E-state index in [2.05, 4.69) is 75.2 Å². The van der Waals surface area contributed by atoms with Crippen LogP contribution in [0.5, 0.6) is 5.75 Å². The molecule has 0 radical (unpaired) electrons. The molecule has 15 nitrogen and oxygen atoms in total. The first kappa shape index (κ1) is 34.6. The van der Waals surface area contributed by atoms with Crippen molar-refractivity contribution in [1.29, 1.82) is 0 Å². The first-order valence-electron chi connectivity index (χ1n) is 16.8. The van der Waals surface area contributed by atoms with Gasteiger partial charge in [0.2, 0.25) is 0 Å². The van der Waals surface area contributed by atoms with Crippen LogP contribution in [0.25, 0.3) is 11.3 Å². The molecule has 5 heterocycles. The van der Waals surface area contributed by atoms with E-state index < -0.39 is 0 Å². The van der Waals surface area contributed by atoms with Gasteiger partial charge in [0.05, 0.1) is 49.5 Å². The zero-order chi connectivity index (χ0) is 35.4. The van der Waals surface area contributed by atoms with Crippen molar-refractivity contribution in [2.45, 2.75) is 76.6 Å². The van der Waals surface area contributed by atoms with E-state index in [0.717, 1.165) is 59.8 Å². The number of pyridine rings is 1. The van der Waals surface area contributed by atoms with Crippen LogP contribution in [0.2, 0.25) is 0 Å². The Bertz CT molecular complexity index is 1940. The molecule has 0 spiro atoms. The van der Waals surface area contributed by atoms with Crippen LogP contribution in [0.15, 0.2) is 61.1 Å². The second kappa shape index (κ2) is 14.7. The third kappa shape index (κ3) is 7.33. The fourth-order valence-electron chi connectivity index (χ4n) is 6.64. The fraction of sp³-hybridized carbons (Fsp3) is 0.429. The summed E-state index contributed by atoms with van der Waals surface area (Å²) in [5.41, 5.74) is 4.19. The standard InChI is InChI=1S/C34H42N10O3.CH2O2/c1-34(2,3)29-18-31(44(40-29)22-19-35-42(20-22)16-17-45)37-33(46)36-26-12-13-28(25-9-6-5-8-24(25)26)47-23-11-14-30-38-39-32(43(30)21-23)27-10-7-15-41(27)4;2-1-3/h5-6,8-9,11,14,18-21,26-28,45H,7,10,12-13,15-17H2,1-4H3,(H2,36,37,46);1H,(H,2,3)/t26-,27-,28+;/m0./s1. The molecule has 1 aliphatic carbocycles. The molecule has 3 atom stereocenters. The van der Waals surface area contributed by atoms with Crippen molar-refractivity contribution in [3.8, 4) is 11.4 Å². The molecule has 7 rings (SSSR count). The average molecular weight is 685 g/mol. The Morgan fingerprint density at radius 2 is 1.86 bits per heavy atom. The van der Waals surface area contributed by atoms with Gasteiger partial charge in [-0.3, -0.25) is 24.1 Å². The average Bonchev–Trinajstić information content (AvgIpc) is 3.89. The van der Waals surface area contributed by atoms with Crippen LogP contribution in [0.3, 0.4) is 0 Å². The number of aliphatic hydroxyl groups is 1. The number of likely N-dealkylation sites (tertiary alicyclic amines) is 1. The summed E-state index contributed by atoms with van der Waals surface area (Å²) in [7, 11) is 2.13. The van der Waals surface area contributed by atoms with Crippen LogP contribution in [-0.4, -0.2) is 82.0 Å². The predicted molar refractivity (Wildman–Crippen MR) is 185 cm³/mol. The minimum Gasteiger partial charge on any atom is -0.484 e. The number of rotatable bonds is 8. The summed E-state index contributed by atoms with van der Waals surface area (Å²) in [6, 6.07) is 13.7. The minimum atomic E-state index is -0.323. The number of urea groups is 1. The van der Waals surface area contributed by atoms with Gasteiger partial charge in [0, 0.05) is 11.5 Å². The highest BCUT2D eigenvalue weighted by molar-refractivity contribution is 5.89. The zero-order valence-electron chi connectivity index (χ0n) is 28.7. The quantitative estimate of drug-likeness (QED) is 0.168. The number of carbonyl (C=O) groups excluding carboxylic acids is 1. The molecular formula is C35H44N10O5. The van der Waals surface area contributed by atoms with Crippen molar-refractivity contribution in [2.24, 2.45) is 0 Å². The van der Waals surface area contributed by atoms with Crippen LogP contribution in [0, 0.1) is 0 Å². The molecule has 2 aliphatic rings. The number of benzene rings is 1. The summed E-state index contributed by atoms with van der Waals surface area (Å²) in [4.78, 5) is 24.2. The highest BCUT2D eigenvalue weighted by Crippen LogP contribution is 2.39. The molecule has 0 unspecified atom stereocenters. The summed E-state index contributed by atoms with van der Waals surface area (Å²) >= 11 is 0. The van der Waals surface area contributed by atoms with Gasteiger partial charge in [0.1, 0.15) is 23.4 Å². The first-order valence-corrected chi connectivity index (χ1v) is 16.8. The Balaban J connectivity index is 0.00000139. The number of amides is 2. The fourth-order valence-corrected chi connectivity index (χ4v) is 6.64. The van der Waals surface area contributed by atoms with Crippen LogP contribution in [0.4, 0.5) is 10.6 Å². The van der Waals surface area contributed by atoms with Gasteiger partial charge in [-0.2, -0.15) is 10.2 Å². The van der Waals surface area contributed by atoms with Gasteiger partial charge < -0.3 is 20.3 Å². The predicted octanol–water partition coefficient (Wildman–Crippen LogP) is 4.65. The highest BCUT2D eigenvalue weighted by atomic mass is 16.5. The molecule has 1 saturated heterocycles. The Morgan fingerprint density at radius 1 is 1.08 bits per heavy atom. The summed E-state index contributed by atoms with van der Waals surface area (Å²) in [5, 5.41) is 40.5. The van der Waals surface area contributed by atoms with E-state index in [4.69, 9.17) is 19.7 Å². The molecule has 1 fully saturated rings. The largest absolute Gasteiger partial charge is 0.484 e. The molecule has 5 aromatic rings. The molecule has 0 saturated carbocycles. The maximum atomic E-state index is 13.5. The van der Waals surface area contributed by atoms with Gasteiger partial charge in [-0.25, -0.2) is 9.48 Å². The van der Waals surface area contributed by atoms with E-state index in [1.807, 2.05) is 36.5 Å². The number of aliphatic hydroxyl groups excluding tert-OH is 1. The smallest absolute Gasteiger partial charge is 0.320 e. The number of anilines is 1. The van der Waals surface area contributed by atoms with Crippen LogP contribution in [0.1, 0.15) is 87.3 Å². The zero-order valence-corrected chi connectivity index (χ0v) is 28.7. The summed E-state index contributed by atoms with van der Waals surface area (Å²) in [6.45, 7) is 7.39. The molecule has 4 aromatic heterocycles. The van der Waals surface area contributed by atoms with E-state index in [1.165, 1.54) is 0 Å². The second-order valence-electron chi connectivity index (χ2n) is 13.6. The number of carbonyl (C=O) groups is 2. The lowest BCUT2D eigenvalue weighted by atomic mass is 9.85. The van der Waals surface area contributed by atoms with Gasteiger partial charge in [-0.05, 0) is 62.5 Å². The van der Waals surface area contributed by atoms with E-state index in [-0.39, 0.29) is 42.7 Å². The van der Waals surface area contributed by atoms with Crippen molar-refractivity contribution < 1.29 is 24.5 Å². The Labute approximate surface area is 289 Å². The lowest BCUT2D eigenvalue weighted by Crippen LogP contribution is -2.36. The molecule has 15 heteroatoms. The van der Waals surface area contributed by atoms with E-state index >= 15 is 0 Å². The van der Waals surface area contributed by atoms with E-state index in [0.29, 0.717) is 24.5 Å². The number of nitrogens with zero attached hydrogens (tertiary/aromatic N) is 8. The number of ether oxygens (including phenoxy) is 1. The van der Waals surface area contributed by atoms with Gasteiger partial charge in [0.25, 0.3) is 6.47 Å². The van der Waals surface area contributed by atoms with Crippen molar-refractivity contribution >= 4 is 24.0 Å². The Hall–Kier alpha value is -5.28. The number of carboxylic acid groups (broad SMARTS) is 1. The minimum absolute atomic E-state index is 0.0216. The number of hydrogen-bond acceptors (Lipinski definition) is 9. The summed E-state index contributed by atoms with van der Waals surface area (Å²) in [6.07, 6.45) is 8.96. The van der Waals surface area contributed by atoms with Crippen LogP contribution in [-0.2, 0) is 16.8 Å². The molecular weight excluding hydrogens is 640 g/mol. The van der Waals surface area contributed by atoms with E-state index in [9.17, 15) is 9.90 Å². The van der Waals surface area contributed by atoms with Gasteiger partial charge in [-0.1, -0.05) is 45.0 Å². The number of fused-ring (bicyclic) bond motifs is 2. The van der Waals surface area contributed by atoms with Crippen molar-refractivity contribution in [3.63, 3.8) is 0 Å². The summed E-state index contributed by atoms with van der Waals surface area (Å²) < 4.78 is 12.0. The monoisotopic (exact) mass is 684 g/mol. The van der Waals surface area contributed by atoms with Crippen LogP contribution < -0.4 is 15.4 Å². The van der Waals surface area contributed by atoms with Crippen LogP contribution >= 0.6 is 0 Å². The summed E-state index contributed by atoms with van der Waals surface area (Å²) in [5.74, 6) is 2.24. The van der Waals surface area contributed by atoms with Crippen molar-refractivity contribution in [2.75, 3.05) is 25.5 Å². The third-order valence-corrected chi connectivity index (χ3v) is 9.15. The number of nitrogens with one attached hydrogen (secondary N) is 2. The lowest BCUT2D eigenvalue weighted by Gasteiger charge is -2.32. The lowest BCUT2D eigenvalue weighted by molar-refractivity contribution is -0.122. The molecule has 264 valence electrons. The molecule has 0 bridgehead atoms. The SMILES string of the molecule is CN1CCC[C@H]1c1nnc2ccc(O[C@@H]3CC[C@H](NC(=O)Nc4cc(C(C)(C)C)nn4-c4cnn(CCO)c4)c4ccccc43)cn12.O=CO. The Kier molecular flexibility index (Phi) is 10.2. The van der Waals surface area contributed by atoms with E-state index in [1.54, 1.807) is 21.8 Å². The molecule has 50 heavy (non-hydrogen) atoms. The maximum Gasteiger partial charge on any atom is 0.320 e. The number of hydrogen-bond donors (Lipinski definition) is 4. The number of aromatic nitrogens is 7. The van der Waals surface area contributed by atoms with Gasteiger partial charge >= 0.3 is 6.03 Å². The second-order valence-corrected chi connectivity index (χ2v) is 13.6. The Morgan fingerprint density at radius 3 is 2.58 bits per heavy atom. The van der Waals surface area contributed by atoms with Gasteiger partial charge in [-0.15, -0.1) is 10.2 Å². The topological polar surface area (TPSA) is 177 Å². The first-order chi connectivity index (χ1) is 24.1. The molecule has 1 aromatic carbocycles. The van der Waals surface area contributed by atoms with Crippen molar-refractivity contribution in [3.05, 3.63) is 83.7 Å². The molecule has 4 N–H and O–H groups in total. The molecule has 1 aliphatic heterocycles. The normalized spacial score (nSPS) is 19.0. The molecule has 2 amide bonds.